The Balaban J connectivity index is 2.94. The fraction of sp³-hybridized carbons (Fsp3) is 0.300. The summed E-state index contributed by atoms with van der Waals surface area (Å²) in [4.78, 5) is 0.154. The molecule has 1 atom stereocenters. The number of amidine groups is 1. The molecule has 0 aliphatic heterocycles. The van der Waals surface area contributed by atoms with Crippen molar-refractivity contribution in [3.8, 4) is 5.75 Å². The van der Waals surface area contributed by atoms with Crippen molar-refractivity contribution in [1.82, 2.24) is 0 Å². The highest BCUT2D eigenvalue weighted by Gasteiger charge is 2.12. The van der Waals surface area contributed by atoms with E-state index < -0.39 is 15.9 Å². The molecule has 0 aliphatic rings. The predicted molar refractivity (Wildman–Crippen MR) is 63.1 cm³/mol. The van der Waals surface area contributed by atoms with E-state index >= 15 is 0 Å². The van der Waals surface area contributed by atoms with Crippen molar-refractivity contribution < 1.29 is 18.4 Å². The van der Waals surface area contributed by atoms with E-state index in [2.05, 4.69) is 5.16 Å². The van der Waals surface area contributed by atoms with Crippen LogP contribution in [-0.4, -0.2) is 31.8 Å². The lowest BCUT2D eigenvalue weighted by Crippen LogP contribution is -2.31. The molecule has 1 rings (SSSR count). The number of sulfone groups is 1. The van der Waals surface area contributed by atoms with Crippen LogP contribution in [0.1, 0.15) is 6.92 Å². The molecule has 94 valence electrons. The molecule has 0 saturated carbocycles. The van der Waals surface area contributed by atoms with Crippen molar-refractivity contribution in [2.45, 2.75) is 17.9 Å². The van der Waals surface area contributed by atoms with Crippen LogP contribution in [0.3, 0.4) is 0 Å². The van der Waals surface area contributed by atoms with Crippen LogP contribution in [0.25, 0.3) is 0 Å². The SMILES string of the molecule is CC(Oc1cccc(S(C)(=O)=O)c1)C(N)=NO. The standard InChI is InChI=1S/C10H14N2O4S/c1-7(10(11)12-13)16-8-4-3-5-9(6-8)17(2,14)15/h3-7,13H,1-2H3,(H2,11,12). The maximum Gasteiger partial charge on any atom is 0.180 e. The van der Waals surface area contributed by atoms with Gasteiger partial charge < -0.3 is 15.7 Å². The van der Waals surface area contributed by atoms with Crippen molar-refractivity contribution in [1.29, 1.82) is 0 Å². The Kier molecular flexibility index (Phi) is 3.95. The Morgan fingerprint density at radius 1 is 1.53 bits per heavy atom. The van der Waals surface area contributed by atoms with E-state index in [1.54, 1.807) is 19.1 Å². The lowest BCUT2D eigenvalue weighted by molar-refractivity contribution is 0.265. The Labute approximate surface area is 99.6 Å². The maximum absolute atomic E-state index is 11.3. The molecule has 1 unspecified atom stereocenters. The van der Waals surface area contributed by atoms with Gasteiger partial charge in [-0.25, -0.2) is 8.42 Å². The number of nitrogens with two attached hydrogens (primary N) is 1. The van der Waals surface area contributed by atoms with E-state index in [1.165, 1.54) is 12.1 Å². The first-order valence-corrected chi connectivity index (χ1v) is 6.68. The van der Waals surface area contributed by atoms with Gasteiger partial charge in [0.25, 0.3) is 0 Å². The molecule has 0 radical (unpaired) electrons. The summed E-state index contributed by atoms with van der Waals surface area (Å²) < 4.78 is 28.0. The highest BCUT2D eigenvalue weighted by molar-refractivity contribution is 7.90. The van der Waals surface area contributed by atoms with E-state index in [1.807, 2.05) is 0 Å². The molecule has 0 saturated heterocycles. The Morgan fingerprint density at radius 3 is 2.71 bits per heavy atom. The van der Waals surface area contributed by atoms with Crippen molar-refractivity contribution in [3.63, 3.8) is 0 Å². The number of nitrogens with zero attached hydrogens (tertiary/aromatic N) is 1. The molecule has 0 bridgehead atoms. The van der Waals surface area contributed by atoms with Crippen molar-refractivity contribution in [2.75, 3.05) is 6.26 Å². The lowest BCUT2D eigenvalue weighted by Gasteiger charge is -2.13. The third-order valence-corrected chi connectivity index (χ3v) is 3.19. The summed E-state index contributed by atoms with van der Waals surface area (Å²) in [7, 11) is -3.28. The van der Waals surface area contributed by atoms with Gasteiger partial charge >= 0.3 is 0 Å². The number of hydrogen-bond donors (Lipinski definition) is 2. The third kappa shape index (κ3) is 3.63. The quantitative estimate of drug-likeness (QED) is 0.356. The Hall–Kier alpha value is -1.76. The first-order chi connectivity index (χ1) is 7.84. The molecule has 3 N–H and O–H groups in total. The van der Waals surface area contributed by atoms with Crippen LogP contribution in [0.2, 0.25) is 0 Å². The van der Waals surface area contributed by atoms with Crippen LogP contribution >= 0.6 is 0 Å². The van der Waals surface area contributed by atoms with Gasteiger partial charge in [-0.2, -0.15) is 0 Å². The molecule has 0 spiro atoms. The highest BCUT2D eigenvalue weighted by atomic mass is 32.2. The number of benzene rings is 1. The number of ether oxygens (including phenoxy) is 1. The second-order valence-corrected chi connectivity index (χ2v) is 5.55. The largest absolute Gasteiger partial charge is 0.483 e. The van der Waals surface area contributed by atoms with Gasteiger partial charge in [0.2, 0.25) is 0 Å². The van der Waals surface area contributed by atoms with Crippen LogP contribution < -0.4 is 10.5 Å². The minimum absolute atomic E-state index is 0.0882. The van der Waals surface area contributed by atoms with E-state index in [0.717, 1.165) is 6.26 Å². The topological polar surface area (TPSA) is 102 Å². The van der Waals surface area contributed by atoms with Crippen LogP contribution in [0.4, 0.5) is 0 Å². The van der Waals surface area contributed by atoms with Crippen molar-refractivity contribution >= 4 is 15.7 Å². The van der Waals surface area contributed by atoms with E-state index in [-0.39, 0.29) is 10.7 Å². The minimum atomic E-state index is -3.28. The zero-order valence-corrected chi connectivity index (χ0v) is 10.3. The van der Waals surface area contributed by atoms with Gasteiger partial charge in [-0.05, 0) is 25.1 Å². The van der Waals surface area contributed by atoms with Gasteiger partial charge in [-0.3, -0.25) is 0 Å². The Morgan fingerprint density at radius 2 is 2.18 bits per heavy atom. The van der Waals surface area contributed by atoms with Gasteiger partial charge in [0, 0.05) is 6.26 Å². The summed E-state index contributed by atoms with van der Waals surface area (Å²) in [5, 5.41) is 11.3. The lowest BCUT2D eigenvalue weighted by atomic mass is 10.3. The van der Waals surface area contributed by atoms with Gasteiger partial charge in [-0.15, -0.1) is 0 Å². The van der Waals surface area contributed by atoms with Gasteiger partial charge in [-0.1, -0.05) is 11.2 Å². The van der Waals surface area contributed by atoms with Crippen LogP contribution in [0.5, 0.6) is 5.75 Å². The van der Waals surface area contributed by atoms with Crippen molar-refractivity contribution in [2.24, 2.45) is 10.9 Å². The smallest absolute Gasteiger partial charge is 0.180 e. The average Bonchev–Trinajstić information content (AvgIpc) is 2.27. The minimum Gasteiger partial charge on any atom is -0.483 e. The highest BCUT2D eigenvalue weighted by Crippen LogP contribution is 2.18. The summed E-state index contributed by atoms with van der Waals surface area (Å²) in [6, 6.07) is 6.01. The molecule has 1 aromatic rings. The van der Waals surface area contributed by atoms with E-state index in [9.17, 15) is 8.42 Å². The zero-order valence-electron chi connectivity index (χ0n) is 9.49. The third-order valence-electron chi connectivity index (χ3n) is 2.08. The first kappa shape index (κ1) is 13.3. The number of oxime groups is 1. The molecule has 0 fully saturated rings. The molecule has 7 heteroatoms. The van der Waals surface area contributed by atoms with Crippen molar-refractivity contribution in [3.05, 3.63) is 24.3 Å². The van der Waals surface area contributed by atoms with Gasteiger partial charge in [0.1, 0.15) is 5.75 Å². The second kappa shape index (κ2) is 5.05. The maximum atomic E-state index is 11.3. The molecule has 6 nitrogen and oxygen atoms in total. The summed E-state index contributed by atoms with van der Waals surface area (Å²) >= 11 is 0. The fourth-order valence-corrected chi connectivity index (χ4v) is 1.78. The monoisotopic (exact) mass is 258 g/mol. The van der Waals surface area contributed by atoms with Gasteiger partial charge in [0.15, 0.2) is 21.8 Å². The number of rotatable bonds is 4. The van der Waals surface area contributed by atoms with E-state index in [0.29, 0.717) is 5.75 Å². The van der Waals surface area contributed by atoms with Crippen LogP contribution in [0, 0.1) is 0 Å². The second-order valence-electron chi connectivity index (χ2n) is 3.53. The average molecular weight is 258 g/mol. The summed E-state index contributed by atoms with van der Waals surface area (Å²) in [6.45, 7) is 1.59. The van der Waals surface area contributed by atoms with E-state index in [4.69, 9.17) is 15.7 Å². The van der Waals surface area contributed by atoms with Crippen LogP contribution in [-0.2, 0) is 9.84 Å². The molecule has 1 aromatic carbocycles. The first-order valence-electron chi connectivity index (χ1n) is 4.79. The molecule has 0 heterocycles. The molecule has 0 aromatic heterocycles. The fourth-order valence-electron chi connectivity index (χ4n) is 1.12. The normalized spacial score (nSPS) is 14.4. The molecule has 0 amide bonds. The molecular weight excluding hydrogens is 244 g/mol. The van der Waals surface area contributed by atoms with Crippen LogP contribution in [0.15, 0.2) is 34.3 Å². The zero-order chi connectivity index (χ0) is 13.1. The predicted octanol–water partition coefficient (Wildman–Crippen LogP) is 0.604. The molecule has 0 aliphatic carbocycles. The molecule has 17 heavy (non-hydrogen) atoms. The number of hydrogen-bond acceptors (Lipinski definition) is 5. The Bertz CT molecular complexity index is 525. The summed E-state index contributed by atoms with van der Waals surface area (Å²) in [5.41, 5.74) is 5.34. The summed E-state index contributed by atoms with van der Waals surface area (Å²) in [6.07, 6.45) is 0.467. The molecular formula is C10H14N2O4S. The summed E-state index contributed by atoms with van der Waals surface area (Å²) in [5.74, 6) is 0.252. The van der Waals surface area contributed by atoms with Gasteiger partial charge in [0.05, 0.1) is 4.90 Å².